The molecule has 0 bridgehead atoms. The van der Waals surface area contributed by atoms with Gasteiger partial charge in [-0.2, -0.15) is 0 Å². The first-order valence-electron chi connectivity index (χ1n) is 9.40. The molecule has 2 aromatic rings. The lowest BCUT2D eigenvalue weighted by Gasteiger charge is -2.32. The number of nitrogens with two attached hydrogens (primary N) is 2. The van der Waals surface area contributed by atoms with Crippen LogP contribution in [0.2, 0.25) is 0 Å². The average Bonchev–Trinajstić information content (AvgIpc) is 2.88. The fourth-order valence-electron chi connectivity index (χ4n) is 3.04. The molecule has 1 aliphatic heterocycles. The Hall–Kier alpha value is -2.41. The predicted molar refractivity (Wildman–Crippen MR) is 114 cm³/mol. The second-order valence-electron chi connectivity index (χ2n) is 8.05. The van der Waals surface area contributed by atoms with Crippen molar-refractivity contribution in [2.45, 2.75) is 38.9 Å². The minimum atomic E-state index is -0.527. The fourth-order valence-corrected chi connectivity index (χ4v) is 3.04. The first kappa shape index (κ1) is 20.3. The molecule has 0 aliphatic carbocycles. The summed E-state index contributed by atoms with van der Waals surface area (Å²) in [6.07, 6.45) is 1.91. The van der Waals surface area contributed by atoms with Gasteiger partial charge >= 0.3 is 7.12 Å². The Morgan fingerprint density at radius 1 is 1.04 bits per heavy atom. The van der Waals surface area contributed by atoms with Crippen LogP contribution in [0, 0.1) is 0 Å². The van der Waals surface area contributed by atoms with Gasteiger partial charge in [-0.1, -0.05) is 42.5 Å². The molecule has 0 radical (unpaired) electrons. The lowest BCUT2D eigenvalue weighted by molar-refractivity contribution is 0.00578. The molecule has 0 unspecified atom stereocenters. The van der Waals surface area contributed by atoms with E-state index in [1.165, 1.54) is 0 Å². The van der Waals surface area contributed by atoms with Crippen LogP contribution in [0.15, 0.2) is 54.0 Å². The highest BCUT2D eigenvalue weighted by molar-refractivity contribution is 6.55. The van der Waals surface area contributed by atoms with Gasteiger partial charge in [-0.15, -0.1) is 0 Å². The van der Waals surface area contributed by atoms with Crippen LogP contribution in [-0.4, -0.2) is 30.6 Å². The molecule has 0 spiro atoms. The van der Waals surface area contributed by atoms with Crippen molar-refractivity contribution in [3.63, 3.8) is 0 Å². The highest BCUT2D eigenvalue weighted by Crippen LogP contribution is 2.38. The maximum absolute atomic E-state index is 12.8. The molecular formula is C22H27BN2O3. The van der Waals surface area contributed by atoms with Crippen molar-refractivity contribution in [1.29, 1.82) is 0 Å². The Morgan fingerprint density at radius 3 is 2.21 bits per heavy atom. The summed E-state index contributed by atoms with van der Waals surface area (Å²) in [4.78, 5) is 12.8. The number of hydrogen-bond donors (Lipinski definition) is 2. The lowest BCUT2D eigenvalue weighted by Crippen LogP contribution is -2.41. The van der Waals surface area contributed by atoms with Crippen LogP contribution in [-0.2, 0) is 9.31 Å². The number of carbonyl (C=O) groups is 1. The maximum Gasteiger partial charge on any atom is 0.491 e. The van der Waals surface area contributed by atoms with Gasteiger partial charge in [-0.05, 0) is 50.9 Å². The molecule has 28 heavy (non-hydrogen) atoms. The Morgan fingerprint density at radius 2 is 1.64 bits per heavy atom. The first-order valence-corrected chi connectivity index (χ1v) is 9.40. The largest absolute Gasteiger partial charge is 0.491 e. The van der Waals surface area contributed by atoms with E-state index < -0.39 is 18.3 Å². The Balaban J connectivity index is 1.92. The second-order valence-corrected chi connectivity index (χ2v) is 8.05. The van der Waals surface area contributed by atoms with E-state index in [1.807, 2.05) is 58.0 Å². The van der Waals surface area contributed by atoms with Gasteiger partial charge in [0.1, 0.15) is 0 Å². The topological polar surface area (TPSA) is 87.6 Å². The average molecular weight is 378 g/mol. The molecule has 0 aromatic heterocycles. The monoisotopic (exact) mass is 378 g/mol. The maximum atomic E-state index is 12.8. The smallest absolute Gasteiger partial charge is 0.400 e. The number of hydrogen-bond acceptors (Lipinski definition) is 5. The van der Waals surface area contributed by atoms with Crippen LogP contribution >= 0.6 is 0 Å². The number of rotatable bonds is 5. The summed E-state index contributed by atoms with van der Waals surface area (Å²) in [5.41, 5.74) is 14.3. The standard InChI is InChI=1S/C22H27BN2O3/c1-21(2)22(3,4)28-23(27-21)17(14-24)12-15-10-11-19(25)18(13-15)20(26)16-8-6-5-7-9-16/h5-13H,14,24-25H2,1-4H3. The zero-order valence-corrected chi connectivity index (χ0v) is 16.9. The van der Waals surface area contributed by atoms with Crippen molar-refractivity contribution in [2.24, 2.45) is 5.73 Å². The minimum Gasteiger partial charge on any atom is -0.400 e. The van der Waals surface area contributed by atoms with Gasteiger partial charge in [-0.25, -0.2) is 0 Å². The van der Waals surface area contributed by atoms with Crippen molar-refractivity contribution >= 4 is 24.7 Å². The van der Waals surface area contributed by atoms with Crippen molar-refractivity contribution < 1.29 is 14.1 Å². The highest BCUT2D eigenvalue weighted by atomic mass is 16.7. The quantitative estimate of drug-likeness (QED) is 0.473. The molecule has 1 heterocycles. The Kier molecular flexibility index (Phi) is 5.48. The van der Waals surface area contributed by atoms with Crippen molar-refractivity contribution in [3.8, 4) is 0 Å². The van der Waals surface area contributed by atoms with Crippen LogP contribution in [0.4, 0.5) is 5.69 Å². The minimum absolute atomic E-state index is 0.113. The van der Waals surface area contributed by atoms with Crippen LogP contribution < -0.4 is 11.5 Å². The predicted octanol–water partition coefficient (Wildman–Crippen LogP) is 3.47. The molecule has 6 heteroatoms. The summed E-state index contributed by atoms with van der Waals surface area (Å²) in [6.45, 7) is 8.28. The summed E-state index contributed by atoms with van der Waals surface area (Å²) < 4.78 is 12.2. The number of benzene rings is 2. The van der Waals surface area contributed by atoms with E-state index in [1.54, 1.807) is 24.3 Å². The Labute approximate surface area is 166 Å². The third kappa shape index (κ3) is 3.90. The molecule has 1 aliphatic rings. The van der Waals surface area contributed by atoms with Gasteiger partial charge < -0.3 is 20.8 Å². The fraction of sp³-hybridized carbons (Fsp3) is 0.318. The molecule has 5 nitrogen and oxygen atoms in total. The molecule has 0 amide bonds. The van der Waals surface area contributed by atoms with Crippen molar-refractivity contribution in [2.75, 3.05) is 12.3 Å². The third-order valence-electron chi connectivity index (χ3n) is 5.50. The third-order valence-corrected chi connectivity index (χ3v) is 5.50. The summed E-state index contributed by atoms with van der Waals surface area (Å²) >= 11 is 0. The molecular weight excluding hydrogens is 351 g/mol. The first-order chi connectivity index (χ1) is 13.1. The van der Waals surface area contributed by atoms with E-state index in [4.69, 9.17) is 20.8 Å². The van der Waals surface area contributed by atoms with E-state index >= 15 is 0 Å². The normalized spacial score (nSPS) is 18.3. The van der Waals surface area contributed by atoms with Gasteiger partial charge in [0.15, 0.2) is 5.78 Å². The van der Waals surface area contributed by atoms with Gasteiger partial charge in [0.05, 0.1) is 11.2 Å². The molecule has 2 aromatic carbocycles. The van der Waals surface area contributed by atoms with Gasteiger partial charge in [0.25, 0.3) is 0 Å². The Bertz CT molecular complexity index is 891. The SMILES string of the molecule is CC1(C)OB(C(=Cc2ccc(N)c(C(=O)c3ccccc3)c2)CN)OC1(C)C. The molecule has 1 fully saturated rings. The number of carbonyl (C=O) groups excluding carboxylic acids is 1. The van der Waals surface area contributed by atoms with E-state index in [0.717, 1.165) is 11.0 Å². The zero-order valence-electron chi connectivity index (χ0n) is 16.9. The van der Waals surface area contributed by atoms with Crippen LogP contribution in [0.3, 0.4) is 0 Å². The number of nitrogen functional groups attached to an aromatic ring is 1. The molecule has 3 rings (SSSR count). The van der Waals surface area contributed by atoms with Gasteiger partial charge in [0, 0.05) is 23.4 Å². The van der Waals surface area contributed by atoms with Crippen molar-refractivity contribution in [1.82, 2.24) is 0 Å². The molecule has 0 saturated carbocycles. The molecule has 0 atom stereocenters. The van der Waals surface area contributed by atoms with Crippen LogP contribution in [0.25, 0.3) is 6.08 Å². The highest BCUT2D eigenvalue weighted by Gasteiger charge is 2.52. The van der Waals surface area contributed by atoms with Gasteiger partial charge in [-0.3, -0.25) is 4.79 Å². The number of ketones is 1. The molecule has 4 N–H and O–H groups in total. The van der Waals surface area contributed by atoms with Crippen molar-refractivity contribution in [3.05, 3.63) is 70.7 Å². The lowest BCUT2D eigenvalue weighted by atomic mass is 9.77. The second kappa shape index (κ2) is 7.55. The summed E-state index contributed by atoms with van der Waals surface area (Å²) in [5, 5.41) is 0. The summed E-state index contributed by atoms with van der Waals surface area (Å²) in [6, 6.07) is 14.5. The van der Waals surface area contributed by atoms with Crippen LogP contribution in [0.5, 0.6) is 0 Å². The molecule has 146 valence electrons. The summed E-state index contributed by atoms with van der Waals surface area (Å²) in [5.74, 6) is -0.113. The zero-order chi connectivity index (χ0) is 20.5. The molecule has 1 saturated heterocycles. The summed E-state index contributed by atoms with van der Waals surface area (Å²) in [7, 11) is -0.527. The van der Waals surface area contributed by atoms with Crippen LogP contribution in [0.1, 0.15) is 49.2 Å². The van der Waals surface area contributed by atoms with E-state index in [-0.39, 0.29) is 12.3 Å². The van der Waals surface area contributed by atoms with E-state index in [2.05, 4.69) is 0 Å². The van der Waals surface area contributed by atoms with E-state index in [0.29, 0.717) is 16.8 Å². The van der Waals surface area contributed by atoms with Gasteiger partial charge in [0.2, 0.25) is 0 Å². The number of anilines is 1. The van der Waals surface area contributed by atoms with E-state index in [9.17, 15) is 4.79 Å².